The van der Waals surface area contributed by atoms with Crippen LogP contribution in [0.4, 0.5) is 14.5 Å². The minimum Gasteiger partial charge on any atom is -0.462 e. The van der Waals surface area contributed by atoms with Gasteiger partial charge in [-0.1, -0.05) is 12.1 Å². The topological polar surface area (TPSA) is 64.4 Å². The molecule has 1 aliphatic rings. The van der Waals surface area contributed by atoms with Crippen LogP contribution in [0.1, 0.15) is 47.2 Å². The van der Waals surface area contributed by atoms with Gasteiger partial charge in [-0.05, 0) is 26.0 Å². The molecular formula is C18H19F2N3O3. The molecule has 0 aliphatic carbocycles. The van der Waals surface area contributed by atoms with E-state index in [1.165, 1.54) is 40.0 Å². The Morgan fingerprint density at radius 2 is 2.00 bits per heavy atom. The highest BCUT2D eigenvalue weighted by Crippen LogP contribution is 2.31. The SMILES string of the molecule is CCOC(=O)c1cnn2c1C(=O)N(c1ccc(C(C)(F)F)cc1)[C@@H](C)C2. The molecule has 6 nitrogen and oxygen atoms in total. The molecule has 2 aromatic rings. The largest absolute Gasteiger partial charge is 0.462 e. The van der Waals surface area contributed by atoms with Crippen molar-refractivity contribution in [2.24, 2.45) is 0 Å². The summed E-state index contributed by atoms with van der Waals surface area (Å²) in [6.45, 7) is 4.89. The van der Waals surface area contributed by atoms with Crippen LogP contribution in [-0.4, -0.2) is 34.3 Å². The van der Waals surface area contributed by atoms with Gasteiger partial charge in [-0.25, -0.2) is 13.6 Å². The summed E-state index contributed by atoms with van der Waals surface area (Å²) in [5.74, 6) is -3.98. The first-order valence-electron chi connectivity index (χ1n) is 8.29. The molecule has 0 N–H and O–H groups in total. The van der Waals surface area contributed by atoms with Crippen molar-refractivity contribution in [2.75, 3.05) is 11.5 Å². The van der Waals surface area contributed by atoms with E-state index < -0.39 is 17.8 Å². The smallest absolute Gasteiger partial charge is 0.342 e. The number of ether oxygens (including phenoxy) is 1. The Kier molecular flexibility index (Phi) is 4.52. The molecule has 1 aromatic heterocycles. The fourth-order valence-electron chi connectivity index (χ4n) is 3.04. The third kappa shape index (κ3) is 3.07. The zero-order chi connectivity index (χ0) is 19.1. The summed E-state index contributed by atoms with van der Waals surface area (Å²) in [6.07, 6.45) is 1.32. The van der Waals surface area contributed by atoms with Crippen LogP contribution in [-0.2, 0) is 17.2 Å². The molecule has 0 bridgehead atoms. The van der Waals surface area contributed by atoms with Crippen molar-refractivity contribution in [3.05, 3.63) is 47.3 Å². The van der Waals surface area contributed by atoms with E-state index in [1.807, 2.05) is 6.92 Å². The number of hydrogen-bond donors (Lipinski definition) is 0. The Labute approximate surface area is 149 Å². The molecule has 3 rings (SSSR count). The third-order valence-corrected chi connectivity index (χ3v) is 4.29. The molecule has 26 heavy (non-hydrogen) atoms. The Morgan fingerprint density at radius 1 is 1.35 bits per heavy atom. The van der Waals surface area contributed by atoms with Gasteiger partial charge in [0.1, 0.15) is 11.3 Å². The first kappa shape index (κ1) is 18.0. The molecule has 1 atom stereocenters. The number of amides is 1. The van der Waals surface area contributed by atoms with Crippen LogP contribution >= 0.6 is 0 Å². The predicted molar refractivity (Wildman–Crippen MR) is 90.5 cm³/mol. The average molecular weight is 363 g/mol. The van der Waals surface area contributed by atoms with Crippen molar-refractivity contribution in [2.45, 2.75) is 39.3 Å². The molecule has 0 fully saturated rings. The number of nitrogens with zero attached hydrogens (tertiary/aromatic N) is 3. The molecule has 138 valence electrons. The number of fused-ring (bicyclic) bond motifs is 1. The highest BCUT2D eigenvalue weighted by Gasteiger charge is 2.36. The van der Waals surface area contributed by atoms with Crippen molar-refractivity contribution >= 4 is 17.6 Å². The van der Waals surface area contributed by atoms with E-state index in [9.17, 15) is 18.4 Å². The van der Waals surface area contributed by atoms with Gasteiger partial charge in [-0.3, -0.25) is 9.48 Å². The lowest BCUT2D eigenvalue weighted by Gasteiger charge is -2.34. The van der Waals surface area contributed by atoms with Crippen LogP contribution in [0.2, 0.25) is 0 Å². The lowest BCUT2D eigenvalue weighted by Crippen LogP contribution is -2.47. The van der Waals surface area contributed by atoms with Crippen LogP contribution < -0.4 is 4.90 Å². The van der Waals surface area contributed by atoms with Crippen LogP contribution in [0, 0.1) is 0 Å². The number of rotatable bonds is 4. The van der Waals surface area contributed by atoms with Crippen molar-refractivity contribution in [3.63, 3.8) is 0 Å². The normalized spacial score (nSPS) is 17.2. The number of hydrogen-bond acceptors (Lipinski definition) is 4. The summed E-state index contributed by atoms with van der Waals surface area (Å²) in [5.41, 5.74) is 0.602. The van der Waals surface area contributed by atoms with Gasteiger partial charge < -0.3 is 9.64 Å². The van der Waals surface area contributed by atoms with Crippen LogP contribution in [0.3, 0.4) is 0 Å². The number of benzene rings is 1. The Balaban J connectivity index is 1.97. The monoisotopic (exact) mass is 363 g/mol. The van der Waals surface area contributed by atoms with Gasteiger partial charge in [0.05, 0.1) is 25.4 Å². The second-order valence-corrected chi connectivity index (χ2v) is 6.27. The Hall–Kier alpha value is -2.77. The van der Waals surface area contributed by atoms with Crippen molar-refractivity contribution in [1.29, 1.82) is 0 Å². The maximum absolute atomic E-state index is 13.4. The molecule has 0 radical (unpaired) electrons. The lowest BCUT2D eigenvalue weighted by atomic mass is 10.1. The number of aromatic nitrogens is 2. The number of esters is 1. The molecular weight excluding hydrogens is 344 g/mol. The van der Waals surface area contributed by atoms with Gasteiger partial charge in [-0.2, -0.15) is 5.10 Å². The average Bonchev–Trinajstić information content (AvgIpc) is 2.99. The summed E-state index contributed by atoms with van der Waals surface area (Å²) in [4.78, 5) is 26.6. The van der Waals surface area contributed by atoms with Gasteiger partial charge in [0, 0.05) is 18.2 Å². The zero-order valence-electron chi connectivity index (χ0n) is 14.7. The van der Waals surface area contributed by atoms with E-state index in [0.717, 1.165) is 6.92 Å². The summed E-state index contributed by atoms with van der Waals surface area (Å²) in [5, 5.41) is 4.10. The van der Waals surface area contributed by atoms with Gasteiger partial charge in [-0.15, -0.1) is 0 Å². The van der Waals surface area contributed by atoms with E-state index in [2.05, 4.69) is 5.10 Å². The summed E-state index contributed by atoms with van der Waals surface area (Å²) < 4.78 is 33.3. The van der Waals surface area contributed by atoms with E-state index >= 15 is 0 Å². The van der Waals surface area contributed by atoms with Crippen LogP contribution in [0.15, 0.2) is 30.5 Å². The Morgan fingerprint density at radius 3 is 2.58 bits per heavy atom. The highest BCUT2D eigenvalue weighted by atomic mass is 19.3. The van der Waals surface area contributed by atoms with E-state index in [-0.39, 0.29) is 29.5 Å². The quantitative estimate of drug-likeness (QED) is 0.783. The fraction of sp³-hybridized carbons (Fsp3) is 0.389. The van der Waals surface area contributed by atoms with Gasteiger partial charge in [0.25, 0.3) is 11.8 Å². The number of carbonyl (C=O) groups excluding carboxylic acids is 2. The molecule has 0 saturated heterocycles. The molecule has 8 heteroatoms. The number of carbonyl (C=O) groups is 2. The highest BCUT2D eigenvalue weighted by molar-refractivity contribution is 6.12. The van der Waals surface area contributed by atoms with Gasteiger partial charge >= 0.3 is 5.97 Å². The molecule has 1 aliphatic heterocycles. The van der Waals surface area contributed by atoms with Crippen LogP contribution in [0.5, 0.6) is 0 Å². The first-order valence-corrected chi connectivity index (χ1v) is 8.29. The maximum Gasteiger partial charge on any atom is 0.342 e. The standard InChI is InChI=1S/C18H19F2N3O3/c1-4-26-17(25)14-9-21-22-10-11(2)23(16(24)15(14)22)13-7-5-12(6-8-13)18(3,19)20/h5-9,11H,4,10H2,1-3H3/t11-/m0/s1. The summed E-state index contributed by atoms with van der Waals surface area (Å²) >= 11 is 0. The van der Waals surface area contributed by atoms with Crippen molar-refractivity contribution in [1.82, 2.24) is 9.78 Å². The first-order chi connectivity index (χ1) is 12.2. The lowest BCUT2D eigenvalue weighted by molar-refractivity contribution is 0.0175. The second kappa shape index (κ2) is 6.51. The van der Waals surface area contributed by atoms with E-state index in [1.54, 1.807) is 6.92 Å². The number of alkyl halides is 2. The van der Waals surface area contributed by atoms with Gasteiger partial charge in [0.2, 0.25) is 0 Å². The second-order valence-electron chi connectivity index (χ2n) is 6.27. The fourth-order valence-corrected chi connectivity index (χ4v) is 3.04. The molecule has 2 heterocycles. The maximum atomic E-state index is 13.4. The minimum atomic E-state index is -2.95. The predicted octanol–water partition coefficient (Wildman–Crippen LogP) is 3.22. The molecule has 1 amide bonds. The summed E-state index contributed by atoms with van der Waals surface area (Å²) in [6, 6.07) is 5.31. The van der Waals surface area contributed by atoms with E-state index in [0.29, 0.717) is 12.2 Å². The van der Waals surface area contributed by atoms with E-state index in [4.69, 9.17) is 4.74 Å². The summed E-state index contributed by atoms with van der Waals surface area (Å²) in [7, 11) is 0. The number of halogens is 2. The zero-order valence-corrected chi connectivity index (χ0v) is 14.7. The molecule has 0 unspecified atom stereocenters. The molecule has 1 aromatic carbocycles. The van der Waals surface area contributed by atoms with Crippen LogP contribution in [0.25, 0.3) is 0 Å². The number of anilines is 1. The Bertz CT molecular complexity index is 840. The van der Waals surface area contributed by atoms with Gasteiger partial charge in [0.15, 0.2) is 0 Å². The third-order valence-electron chi connectivity index (χ3n) is 4.29. The molecule has 0 saturated carbocycles. The minimum absolute atomic E-state index is 0.102. The van der Waals surface area contributed by atoms with Crippen molar-refractivity contribution < 1.29 is 23.1 Å². The molecule has 0 spiro atoms. The van der Waals surface area contributed by atoms with Crippen molar-refractivity contribution in [3.8, 4) is 0 Å².